The third-order valence-electron chi connectivity index (χ3n) is 5.31. The fourth-order valence-corrected chi connectivity index (χ4v) is 4.36. The first-order valence-electron chi connectivity index (χ1n) is 7.76. The van der Waals surface area contributed by atoms with Gasteiger partial charge in [0.15, 0.2) is 0 Å². The van der Waals surface area contributed by atoms with Gasteiger partial charge < -0.3 is 15.2 Å². The molecule has 2 N–H and O–H groups in total. The van der Waals surface area contributed by atoms with E-state index in [1.54, 1.807) is 7.11 Å². The topological polar surface area (TPSA) is 58.6 Å². The van der Waals surface area contributed by atoms with E-state index in [4.69, 9.17) is 4.74 Å². The maximum absolute atomic E-state index is 11.4. The Bertz CT molecular complexity index is 569. The molecule has 1 amide bonds. The molecule has 0 heterocycles. The Morgan fingerprint density at radius 2 is 2.19 bits per heavy atom. The van der Waals surface area contributed by atoms with Crippen LogP contribution in [0.5, 0.6) is 5.75 Å². The quantitative estimate of drug-likeness (QED) is 0.874. The molecular formula is C17H23NO3. The molecule has 0 spiro atoms. The summed E-state index contributed by atoms with van der Waals surface area (Å²) < 4.78 is 5.42. The van der Waals surface area contributed by atoms with Crippen molar-refractivity contribution in [2.45, 2.75) is 51.0 Å². The smallest absolute Gasteiger partial charge is 0.405 e. The van der Waals surface area contributed by atoms with E-state index in [0.717, 1.165) is 43.4 Å². The van der Waals surface area contributed by atoms with Crippen molar-refractivity contribution in [2.24, 2.45) is 5.92 Å². The van der Waals surface area contributed by atoms with E-state index in [9.17, 15) is 9.90 Å². The Morgan fingerprint density at radius 1 is 1.38 bits per heavy atom. The molecule has 0 unspecified atom stereocenters. The molecule has 1 aromatic rings. The van der Waals surface area contributed by atoms with Crippen LogP contribution in [0, 0.1) is 12.8 Å². The lowest BCUT2D eigenvalue weighted by Gasteiger charge is -2.48. The van der Waals surface area contributed by atoms with Gasteiger partial charge in [0, 0.05) is 0 Å². The molecule has 2 aliphatic rings. The molecule has 0 saturated heterocycles. The summed E-state index contributed by atoms with van der Waals surface area (Å²) in [5, 5.41) is 12.3. The van der Waals surface area contributed by atoms with Crippen molar-refractivity contribution in [2.75, 3.05) is 7.11 Å². The summed E-state index contributed by atoms with van der Waals surface area (Å²) in [6.07, 6.45) is 5.47. The van der Waals surface area contributed by atoms with E-state index in [1.165, 1.54) is 17.5 Å². The maximum Gasteiger partial charge on any atom is 0.405 e. The molecule has 0 aromatic heterocycles. The molecule has 0 radical (unpaired) electrons. The number of benzene rings is 1. The normalized spacial score (nSPS) is 27.4. The molecule has 2 aliphatic carbocycles. The summed E-state index contributed by atoms with van der Waals surface area (Å²) in [5.41, 5.74) is 3.25. The zero-order valence-corrected chi connectivity index (χ0v) is 12.7. The second-order valence-electron chi connectivity index (χ2n) is 6.35. The van der Waals surface area contributed by atoms with Crippen LogP contribution in [0.25, 0.3) is 0 Å². The summed E-state index contributed by atoms with van der Waals surface area (Å²) >= 11 is 0. The maximum atomic E-state index is 11.4. The fraction of sp³-hybridized carbons (Fsp3) is 0.588. The van der Waals surface area contributed by atoms with Gasteiger partial charge in [-0.1, -0.05) is 12.8 Å². The first-order chi connectivity index (χ1) is 10.1. The molecule has 1 fully saturated rings. The molecule has 21 heavy (non-hydrogen) atoms. The van der Waals surface area contributed by atoms with Gasteiger partial charge in [-0.3, -0.25) is 0 Å². The van der Waals surface area contributed by atoms with Gasteiger partial charge in [0.1, 0.15) is 5.75 Å². The third kappa shape index (κ3) is 2.27. The van der Waals surface area contributed by atoms with E-state index in [0.29, 0.717) is 5.92 Å². The lowest BCUT2D eigenvalue weighted by atomic mass is 9.62. The van der Waals surface area contributed by atoms with E-state index >= 15 is 0 Å². The highest BCUT2D eigenvalue weighted by Gasteiger charge is 2.47. The van der Waals surface area contributed by atoms with Crippen LogP contribution in [-0.4, -0.2) is 18.3 Å². The number of nitrogens with one attached hydrogen (secondary N) is 1. The monoisotopic (exact) mass is 289 g/mol. The minimum atomic E-state index is -0.921. The Hall–Kier alpha value is -1.71. The minimum absolute atomic E-state index is 0.404. The lowest BCUT2D eigenvalue weighted by molar-refractivity contribution is 0.107. The van der Waals surface area contributed by atoms with Gasteiger partial charge in [-0.15, -0.1) is 0 Å². The van der Waals surface area contributed by atoms with Crippen molar-refractivity contribution in [1.29, 1.82) is 0 Å². The van der Waals surface area contributed by atoms with Gasteiger partial charge in [0.2, 0.25) is 0 Å². The summed E-state index contributed by atoms with van der Waals surface area (Å²) in [7, 11) is 1.67. The van der Waals surface area contributed by atoms with Gasteiger partial charge in [0.05, 0.1) is 12.6 Å². The highest BCUT2D eigenvalue weighted by atomic mass is 16.5. The Morgan fingerprint density at radius 3 is 2.90 bits per heavy atom. The Balaban J connectivity index is 2.17. The molecule has 2 atom stereocenters. The molecule has 114 valence electrons. The molecular weight excluding hydrogens is 266 g/mol. The van der Waals surface area contributed by atoms with E-state index in [2.05, 4.69) is 24.4 Å². The number of aryl methyl sites for hydroxylation is 1. The average molecular weight is 289 g/mol. The van der Waals surface area contributed by atoms with Crippen LogP contribution in [0.15, 0.2) is 12.1 Å². The highest BCUT2D eigenvalue weighted by Crippen LogP contribution is 2.49. The predicted octanol–water partition coefficient (Wildman–Crippen LogP) is 3.60. The zero-order valence-electron chi connectivity index (χ0n) is 12.7. The van der Waals surface area contributed by atoms with Crippen LogP contribution >= 0.6 is 0 Å². The number of ether oxygens (including phenoxy) is 1. The van der Waals surface area contributed by atoms with Crippen molar-refractivity contribution in [3.63, 3.8) is 0 Å². The second kappa shape index (κ2) is 5.24. The average Bonchev–Trinajstić information content (AvgIpc) is 2.46. The zero-order chi connectivity index (χ0) is 15.0. The first-order valence-corrected chi connectivity index (χ1v) is 7.76. The van der Waals surface area contributed by atoms with E-state index in [-0.39, 0.29) is 0 Å². The molecule has 1 aromatic carbocycles. The van der Waals surface area contributed by atoms with Crippen LogP contribution in [-0.2, 0) is 12.0 Å². The number of carboxylic acid groups (broad SMARTS) is 1. The second-order valence-corrected chi connectivity index (χ2v) is 6.35. The molecule has 4 heteroatoms. The molecule has 4 nitrogen and oxygen atoms in total. The van der Waals surface area contributed by atoms with Crippen LogP contribution in [0.4, 0.5) is 4.79 Å². The summed E-state index contributed by atoms with van der Waals surface area (Å²) in [4.78, 5) is 11.4. The summed E-state index contributed by atoms with van der Waals surface area (Å²) in [6.45, 7) is 2.10. The minimum Gasteiger partial charge on any atom is -0.497 e. The van der Waals surface area contributed by atoms with Crippen molar-refractivity contribution in [3.8, 4) is 5.75 Å². The largest absolute Gasteiger partial charge is 0.497 e. The van der Waals surface area contributed by atoms with Crippen molar-refractivity contribution in [3.05, 3.63) is 28.8 Å². The Labute approximate surface area is 125 Å². The van der Waals surface area contributed by atoms with E-state index in [1.807, 2.05) is 0 Å². The Kier molecular flexibility index (Phi) is 3.56. The van der Waals surface area contributed by atoms with E-state index < -0.39 is 11.6 Å². The van der Waals surface area contributed by atoms with Gasteiger partial charge in [-0.25, -0.2) is 4.79 Å². The number of fused-ring (bicyclic) bond motifs is 3. The standard InChI is InChI=1S/C17H23NO3/c1-11-9-13(21-2)10-15-14(11)7-6-12-5-3-4-8-17(12,15)18-16(19)20/h9-10,12,18H,3-8H2,1-2H3,(H,19,20)/t12-,17+/m0/s1. The number of hydrogen-bond donors (Lipinski definition) is 2. The number of methoxy groups -OCH3 is 1. The van der Waals surface area contributed by atoms with Crippen molar-refractivity contribution < 1.29 is 14.6 Å². The number of amides is 1. The van der Waals surface area contributed by atoms with Crippen molar-refractivity contribution in [1.82, 2.24) is 5.32 Å². The SMILES string of the molecule is COc1cc(C)c2c(c1)[C@@]1(NC(=O)O)CCCC[C@H]1CC2. The molecule has 1 saturated carbocycles. The number of rotatable bonds is 2. The predicted molar refractivity (Wildman–Crippen MR) is 80.8 cm³/mol. The van der Waals surface area contributed by atoms with Gasteiger partial charge in [-0.05, 0) is 67.3 Å². The number of hydrogen-bond acceptors (Lipinski definition) is 2. The van der Waals surface area contributed by atoms with Gasteiger partial charge in [0.25, 0.3) is 0 Å². The first kappa shape index (κ1) is 14.2. The third-order valence-corrected chi connectivity index (χ3v) is 5.31. The molecule has 0 bridgehead atoms. The lowest BCUT2D eigenvalue weighted by Crippen LogP contribution is -2.54. The van der Waals surface area contributed by atoms with Crippen LogP contribution in [0.2, 0.25) is 0 Å². The van der Waals surface area contributed by atoms with Crippen molar-refractivity contribution >= 4 is 6.09 Å². The highest BCUT2D eigenvalue weighted by molar-refractivity contribution is 5.67. The fourth-order valence-electron chi connectivity index (χ4n) is 4.36. The summed E-state index contributed by atoms with van der Waals surface area (Å²) in [6, 6.07) is 4.10. The van der Waals surface area contributed by atoms with Crippen LogP contribution < -0.4 is 10.1 Å². The van der Waals surface area contributed by atoms with Gasteiger partial charge >= 0.3 is 6.09 Å². The van der Waals surface area contributed by atoms with Crippen LogP contribution in [0.3, 0.4) is 0 Å². The van der Waals surface area contributed by atoms with Crippen LogP contribution in [0.1, 0.15) is 48.8 Å². The van der Waals surface area contributed by atoms with Gasteiger partial charge in [-0.2, -0.15) is 0 Å². The molecule has 3 rings (SSSR count). The summed E-state index contributed by atoms with van der Waals surface area (Å²) in [5.74, 6) is 1.23. The number of carbonyl (C=O) groups is 1. The molecule has 0 aliphatic heterocycles.